The van der Waals surface area contributed by atoms with Crippen molar-refractivity contribution in [1.29, 1.82) is 0 Å². The Bertz CT molecular complexity index is 628. The van der Waals surface area contributed by atoms with Crippen molar-refractivity contribution in [2.75, 3.05) is 6.61 Å². The molecule has 2 N–H and O–H groups in total. The third-order valence-electron chi connectivity index (χ3n) is 3.42. The molecule has 0 amide bonds. The van der Waals surface area contributed by atoms with Gasteiger partial charge < -0.3 is 10.5 Å². The first kappa shape index (κ1) is 15.4. The van der Waals surface area contributed by atoms with E-state index in [-0.39, 0.29) is 11.7 Å². The highest BCUT2D eigenvalue weighted by Crippen LogP contribution is 2.17. The number of benzene rings is 1. The van der Waals surface area contributed by atoms with Gasteiger partial charge in [-0.2, -0.15) is 0 Å². The zero-order chi connectivity index (χ0) is 15.2. The van der Waals surface area contributed by atoms with Crippen molar-refractivity contribution in [3.05, 3.63) is 52.7 Å². The molecule has 0 saturated carbocycles. The number of imidazole rings is 1. The van der Waals surface area contributed by atoms with Crippen molar-refractivity contribution in [3.63, 3.8) is 0 Å². The van der Waals surface area contributed by atoms with Crippen LogP contribution in [-0.4, -0.2) is 15.7 Å². The van der Waals surface area contributed by atoms with E-state index in [0.29, 0.717) is 19.7 Å². The molecule has 5 nitrogen and oxygen atoms in total. The van der Waals surface area contributed by atoms with Gasteiger partial charge in [0.1, 0.15) is 5.75 Å². The van der Waals surface area contributed by atoms with E-state index in [1.54, 1.807) is 9.13 Å². The first-order valence-electron chi connectivity index (χ1n) is 7.31. The Hall–Kier alpha value is -2.01. The Morgan fingerprint density at radius 2 is 2.00 bits per heavy atom. The van der Waals surface area contributed by atoms with Crippen LogP contribution in [0.2, 0.25) is 0 Å². The van der Waals surface area contributed by atoms with E-state index < -0.39 is 0 Å². The summed E-state index contributed by atoms with van der Waals surface area (Å²) >= 11 is 0. The Kier molecular flexibility index (Phi) is 5.22. The number of rotatable bonds is 7. The van der Waals surface area contributed by atoms with Crippen LogP contribution in [0.25, 0.3) is 0 Å². The lowest BCUT2D eigenvalue weighted by Gasteiger charge is -2.10. The Labute approximate surface area is 125 Å². The van der Waals surface area contributed by atoms with E-state index in [1.807, 2.05) is 50.5 Å². The molecule has 0 aliphatic heterocycles. The maximum absolute atomic E-state index is 12.0. The third kappa shape index (κ3) is 3.76. The van der Waals surface area contributed by atoms with Crippen molar-refractivity contribution < 1.29 is 4.74 Å². The molecule has 21 heavy (non-hydrogen) atoms. The summed E-state index contributed by atoms with van der Waals surface area (Å²) in [6.07, 6.45) is 4.44. The third-order valence-corrected chi connectivity index (χ3v) is 3.42. The number of ether oxygens (including phenoxy) is 1. The van der Waals surface area contributed by atoms with Crippen LogP contribution in [0.4, 0.5) is 0 Å². The van der Waals surface area contributed by atoms with Crippen LogP contribution in [0, 0.1) is 0 Å². The zero-order valence-electron chi connectivity index (χ0n) is 12.7. The summed E-state index contributed by atoms with van der Waals surface area (Å²) in [4.78, 5) is 12.0. The first-order valence-corrected chi connectivity index (χ1v) is 7.31. The number of nitrogens with zero attached hydrogens (tertiary/aromatic N) is 2. The molecule has 0 spiro atoms. The van der Waals surface area contributed by atoms with Gasteiger partial charge in [-0.3, -0.25) is 9.13 Å². The largest absolute Gasteiger partial charge is 0.493 e. The van der Waals surface area contributed by atoms with Gasteiger partial charge in [0.25, 0.3) is 0 Å². The topological polar surface area (TPSA) is 62.2 Å². The van der Waals surface area contributed by atoms with Crippen LogP contribution < -0.4 is 16.2 Å². The number of para-hydroxylation sites is 1. The van der Waals surface area contributed by atoms with Gasteiger partial charge in [-0.15, -0.1) is 0 Å². The normalized spacial score (nSPS) is 11.0. The summed E-state index contributed by atoms with van der Waals surface area (Å²) in [5.74, 6) is 0.826. The number of aryl methyl sites for hydroxylation is 1. The molecule has 2 rings (SSSR count). The van der Waals surface area contributed by atoms with Crippen LogP contribution >= 0.6 is 0 Å². The number of hydrogen-bond acceptors (Lipinski definition) is 3. The highest BCUT2D eigenvalue weighted by Gasteiger charge is 2.06. The fourth-order valence-electron chi connectivity index (χ4n) is 2.22. The van der Waals surface area contributed by atoms with Crippen LogP contribution in [0.1, 0.15) is 31.9 Å². The van der Waals surface area contributed by atoms with Gasteiger partial charge in [0, 0.05) is 37.1 Å². The lowest BCUT2D eigenvalue weighted by Crippen LogP contribution is -2.25. The highest BCUT2D eigenvalue weighted by atomic mass is 16.5. The molecule has 2 aromatic rings. The summed E-state index contributed by atoms with van der Waals surface area (Å²) in [7, 11) is 0. The average Bonchev–Trinajstić information content (AvgIpc) is 2.85. The lowest BCUT2D eigenvalue weighted by molar-refractivity contribution is 0.297. The van der Waals surface area contributed by atoms with E-state index in [1.165, 1.54) is 0 Å². The zero-order valence-corrected chi connectivity index (χ0v) is 12.7. The van der Waals surface area contributed by atoms with Crippen LogP contribution in [0.5, 0.6) is 5.75 Å². The van der Waals surface area contributed by atoms with E-state index in [4.69, 9.17) is 10.5 Å². The molecule has 0 aliphatic rings. The molecule has 5 heteroatoms. The number of nitrogens with two attached hydrogens (primary N) is 1. The molecule has 1 aromatic heterocycles. The fraction of sp³-hybridized carbons (Fsp3) is 0.438. The maximum Gasteiger partial charge on any atom is 0.328 e. The van der Waals surface area contributed by atoms with Crippen LogP contribution in [-0.2, 0) is 13.1 Å². The molecule has 0 aliphatic carbocycles. The molecule has 0 fully saturated rings. The second-order valence-electron chi connectivity index (χ2n) is 5.29. The van der Waals surface area contributed by atoms with E-state index in [9.17, 15) is 4.79 Å². The highest BCUT2D eigenvalue weighted by molar-refractivity contribution is 5.32. The van der Waals surface area contributed by atoms with Crippen LogP contribution in [0.15, 0.2) is 41.5 Å². The van der Waals surface area contributed by atoms with Gasteiger partial charge in [0.2, 0.25) is 0 Å². The predicted molar refractivity (Wildman–Crippen MR) is 83.5 cm³/mol. The molecule has 1 aromatic carbocycles. The Balaban J connectivity index is 1.86. The SMILES string of the molecule is CC(C)n1ccn(CCCOc2ccccc2CN)c1=O. The van der Waals surface area contributed by atoms with Gasteiger partial charge in [-0.05, 0) is 26.3 Å². The van der Waals surface area contributed by atoms with Gasteiger partial charge in [-0.25, -0.2) is 4.79 Å². The molecular formula is C16H23N3O2. The van der Waals surface area contributed by atoms with E-state index >= 15 is 0 Å². The summed E-state index contributed by atoms with van der Waals surface area (Å²) in [6.45, 7) is 5.68. The minimum atomic E-state index is 0.0346. The van der Waals surface area contributed by atoms with Crippen LogP contribution in [0.3, 0.4) is 0 Å². The van der Waals surface area contributed by atoms with Crippen molar-refractivity contribution in [2.24, 2.45) is 5.73 Å². The Morgan fingerprint density at radius 1 is 1.24 bits per heavy atom. The molecule has 0 bridgehead atoms. The quantitative estimate of drug-likeness (QED) is 0.794. The smallest absolute Gasteiger partial charge is 0.328 e. The molecule has 0 radical (unpaired) electrons. The average molecular weight is 289 g/mol. The minimum Gasteiger partial charge on any atom is -0.493 e. The molecule has 0 unspecified atom stereocenters. The van der Waals surface area contributed by atoms with Gasteiger partial charge in [0.05, 0.1) is 6.61 Å². The van der Waals surface area contributed by atoms with Gasteiger partial charge in [-0.1, -0.05) is 18.2 Å². The number of aromatic nitrogens is 2. The summed E-state index contributed by atoms with van der Waals surface area (Å²) < 4.78 is 9.19. The maximum atomic E-state index is 12.0. The van der Waals surface area contributed by atoms with E-state index in [2.05, 4.69) is 0 Å². The fourth-order valence-corrected chi connectivity index (χ4v) is 2.22. The van der Waals surface area contributed by atoms with Crippen molar-refractivity contribution >= 4 is 0 Å². The molecule has 0 saturated heterocycles. The van der Waals surface area contributed by atoms with Crippen molar-refractivity contribution in [1.82, 2.24) is 9.13 Å². The second kappa shape index (κ2) is 7.13. The molecule has 0 atom stereocenters. The summed E-state index contributed by atoms with van der Waals surface area (Å²) in [5.41, 5.74) is 6.70. The van der Waals surface area contributed by atoms with E-state index in [0.717, 1.165) is 17.7 Å². The summed E-state index contributed by atoms with van der Waals surface area (Å²) in [6, 6.07) is 7.95. The minimum absolute atomic E-state index is 0.0346. The summed E-state index contributed by atoms with van der Waals surface area (Å²) in [5, 5.41) is 0. The standard InChI is InChI=1S/C16H23N3O2/c1-13(2)19-10-9-18(16(19)20)8-5-11-21-15-7-4-3-6-14(15)12-17/h3-4,6-7,9-10,13H,5,8,11-12,17H2,1-2H3. The molecular weight excluding hydrogens is 266 g/mol. The predicted octanol–water partition coefficient (Wildman–Crippen LogP) is 2.16. The van der Waals surface area contributed by atoms with Gasteiger partial charge in [0.15, 0.2) is 0 Å². The Morgan fingerprint density at radius 3 is 2.67 bits per heavy atom. The lowest BCUT2D eigenvalue weighted by atomic mass is 10.2. The first-order chi connectivity index (χ1) is 10.1. The monoisotopic (exact) mass is 289 g/mol. The van der Waals surface area contributed by atoms with Crippen molar-refractivity contribution in [3.8, 4) is 5.75 Å². The van der Waals surface area contributed by atoms with Gasteiger partial charge >= 0.3 is 5.69 Å². The second-order valence-corrected chi connectivity index (χ2v) is 5.29. The van der Waals surface area contributed by atoms with Crippen molar-refractivity contribution in [2.45, 2.75) is 39.4 Å². The number of hydrogen-bond donors (Lipinski definition) is 1. The molecule has 114 valence electrons. The molecule has 1 heterocycles.